The van der Waals surface area contributed by atoms with Gasteiger partial charge in [0.25, 0.3) is 11.8 Å². The molecule has 2 amide bonds. The van der Waals surface area contributed by atoms with Gasteiger partial charge in [0.05, 0.1) is 11.2 Å². The van der Waals surface area contributed by atoms with Crippen LogP contribution in [0.5, 0.6) is 5.75 Å². The molecule has 1 fully saturated rings. The van der Waals surface area contributed by atoms with E-state index in [4.69, 9.17) is 15.2 Å². The first-order chi connectivity index (χ1) is 11.9. The zero-order chi connectivity index (χ0) is 18.4. The topological polar surface area (TPSA) is 85.1 Å². The van der Waals surface area contributed by atoms with Crippen molar-refractivity contribution in [3.63, 3.8) is 0 Å². The Hall–Kier alpha value is -2.12. The average Bonchev–Trinajstić information content (AvgIpc) is 2.60. The van der Waals surface area contributed by atoms with Crippen LogP contribution in [0.4, 0.5) is 0 Å². The number of primary amides is 1. The SMILES string of the molecule is COC1(CN(C)C)CCN(C(=O)COc2ccccc2C(N)=O)CC1. The number of rotatable bonds is 7. The van der Waals surface area contributed by atoms with Gasteiger partial charge in [-0.3, -0.25) is 9.59 Å². The summed E-state index contributed by atoms with van der Waals surface area (Å²) in [6.45, 7) is 1.97. The Bertz CT molecular complexity index is 610. The van der Waals surface area contributed by atoms with E-state index in [1.54, 1.807) is 36.3 Å². The first-order valence-corrected chi connectivity index (χ1v) is 8.36. The number of nitrogens with zero attached hydrogens (tertiary/aromatic N) is 2. The summed E-state index contributed by atoms with van der Waals surface area (Å²) in [5.41, 5.74) is 5.38. The van der Waals surface area contributed by atoms with Crippen LogP contribution in [-0.2, 0) is 9.53 Å². The third-order valence-corrected chi connectivity index (χ3v) is 4.57. The number of hydrogen-bond acceptors (Lipinski definition) is 5. The van der Waals surface area contributed by atoms with Gasteiger partial charge in [0.1, 0.15) is 5.75 Å². The van der Waals surface area contributed by atoms with Gasteiger partial charge in [0.2, 0.25) is 0 Å². The van der Waals surface area contributed by atoms with Crippen molar-refractivity contribution in [2.75, 3.05) is 47.4 Å². The summed E-state index contributed by atoms with van der Waals surface area (Å²) < 4.78 is 11.3. The van der Waals surface area contributed by atoms with Crippen molar-refractivity contribution in [2.24, 2.45) is 5.73 Å². The normalized spacial score (nSPS) is 16.7. The van der Waals surface area contributed by atoms with E-state index in [-0.39, 0.29) is 23.7 Å². The Balaban J connectivity index is 1.90. The van der Waals surface area contributed by atoms with Crippen LogP contribution in [0.2, 0.25) is 0 Å². The van der Waals surface area contributed by atoms with Gasteiger partial charge < -0.3 is 25.0 Å². The van der Waals surface area contributed by atoms with Crippen LogP contribution in [0.15, 0.2) is 24.3 Å². The maximum atomic E-state index is 12.4. The molecular formula is C18H27N3O4. The molecule has 7 nitrogen and oxygen atoms in total. The number of hydrogen-bond donors (Lipinski definition) is 1. The standard InChI is InChI=1S/C18H27N3O4/c1-20(2)13-18(24-3)8-10-21(11-9-18)16(22)12-25-15-7-5-4-6-14(15)17(19)23/h4-7H,8-13H2,1-3H3,(H2,19,23). The van der Waals surface area contributed by atoms with Crippen molar-refractivity contribution in [1.29, 1.82) is 0 Å². The Morgan fingerprint density at radius 2 is 1.88 bits per heavy atom. The fourth-order valence-electron chi connectivity index (χ4n) is 3.19. The minimum Gasteiger partial charge on any atom is -0.483 e. The molecule has 0 spiro atoms. The summed E-state index contributed by atoms with van der Waals surface area (Å²) in [5.74, 6) is -0.345. The average molecular weight is 349 g/mol. The number of carbonyl (C=O) groups excluding carboxylic acids is 2. The van der Waals surface area contributed by atoms with E-state index in [1.165, 1.54) is 0 Å². The highest BCUT2D eigenvalue weighted by Gasteiger charge is 2.36. The van der Waals surface area contributed by atoms with Gasteiger partial charge in [-0.1, -0.05) is 12.1 Å². The largest absolute Gasteiger partial charge is 0.483 e. The minimum atomic E-state index is -0.574. The number of ether oxygens (including phenoxy) is 2. The molecule has 1 aliphatic rings. The summed E-state index contributed by atoms with van der Waals surface area (Å²) in [6, 6.07) is 6.66. The third kappa shape index (κ3) is 4.93. The zero-order valence-electron chi connectivity index (χ0n) is 15.2. The van der Waals surface area contributed by atoms with Crippen molar-refractivity contribution in [2.45, 2.75) is 18.4 Å². The van der Waals surface area contributed by atoms with Crippen LogP contribution in [0.3, 0.4) is 0 Å². The first kappa shape index (κ1) is 19.2. The molecular weight excluding hydrogens is 322 g/mol. The quantitative estimate of drug-likeness (QED) is 0.784. The van der Waals surface area contributed by atoms with Gasteiger partial charge in [-0.05, 0) is 39.1 Å². The molecule has 0 aliphatic carbocycles. The van der Waals surface area contributed by atoms with E-state index in [2.05, 4.69) is 4.90 Å². The highest BCUT2D eigenvalue weighted by Crippen LogP contribution is 2.26. The van der Waals surface area contributed by atoms with E-state index < -0.39 is 5.91 Å². The monoisotopic (exact) mass is 349 g/mol. The highest BCUT2D eigenvalue weighted by atomic mass is 16.5. The lowest BCUT2D eigenvalue weighted by atomic mass is 9.90. The van der Waals surface area contributed by atoms with Crippen molar-refractivity contribution in [3.05, 3.63) is 29.8 Å². The summed E-state index contributed by atoms with van der Waals surface area (Å²) >= 11 is 0. The molecule has 0 aromatic heterocycles. The number of amides is 2. The number of benzene rings is 1. The summed E-state index contributed by atoms with van der Waals surface area (Å²) in [7, 11) is 5.76. The molecule has 0 bridgehead atoms. The van der Waals surface area contributed by atoms with Crippen LogP contribution >= 0.6 is 0 Å². The second kappa shape index (κ2) is 8.31. The smallest absolute Gasteiger partial charge is 0.260 e. The zero-order valence-corrected chi connectivity index (χ0v) is 15.2. The van der Waals surface area contributed by atoms with E-state index >= 15 is 0 Å². The highest BCUT2D eigenvalue weighted by molar-refractivity contribution is 5.95. The number of nitrogens with two attached hydrogens (primary N) is 1. The second-order valence-corrected chi connectivity index (χ2v) is 6.65. The van der Waals surface area contributed by atoms with Crippen LogP contribution in [0.25, 0.3) is 0 Å². The molecule has 2 N–H and O–H groups in total. The third-order valence-electron chi connectivity index (χ3n) is 4.57. The lowest BCUT2D eigenvalue weighted by Crippen LogP contribution is -2.52. The first-order valence-electron chi connectivity index (χ1n) is 8.36. The van der Waals surface area contributed by atoms with Crippen molar-refractivity contribution < 1.29 is 19.1 Å². The van der Waals surface area contributed by atoms with E-state index in [1.807, 2.05) is 14.1 Å². The van der Waals surface area contributed by atoms with Crippen LogP contribution < -0.4 is 10.5 Å². The summed E-state index contributed by atoms with van der Waals surface area (Å²) in [5, 5.41) is 0. The maximum Gasteiger partial charge on any atom is 0.260 e. The molecule has 1 aliphatic heterocycles. The molecule has 25 heavy (non-hydrogen) atoms. The Morgan fingerprint density at radius 3 is 2.44 bits per heavy atom. The maximum absolute atomic E-state index is 12.4. The van der Waals surface area contributed by atoms with Crippen LogP contribution in [0, 0.1) is 0 Å². The van der Waals surface area contributed by atoms with E-state index in [0.29, 0.717) is 18.8 Å². The molecule has 0 atom stereocenters. The molecule has 2 rings (SSSR count). The number of methoxy groups -OCH3 is 1. The van der Waals surface area contributed by atoms with Gasteiger partial charge in [0.15, 0.2) is 6.61 Å². The number of carbonyl (C=O) groups is 2. The predicted molar refractivity (Wildman–Crippen MR) is 94.6 cm³/mol. The second-order valence-electron chi connectivity index (χ2n) is 6.65. The van der Waals surface area contributed by atoms with Gasteiger partial charge in [0, 0.05) is 26.7 Å². The fraction of sp³-hybridized carbons (Fsp3) is 0.556. The Kier molecular flexibility index (Phi) is 6.39. The van der Waals surface area contributed by atoms with Gasteiger partial charge >= 0.3 is 0 Å². The lowest BCUT2D eigenvalue weighted by Gasteiger charge is -2.42. The van der Waals surface area contributed by atoms with E-state index in [0.717, 1.165) is 19.4 Å². The molecule has 0 saturated carbocycles. The molecule has 0 radical (unpaired) electrons. The summed E-state index contributed by atoms with van der Waals surface area (Å²) in [6.07, 6.45) is 1.57. The van der Waals surface area contributed by atoms with Crippen molar-refractivity contribution in [3.8, 4) is 5.75 Å². The molecule has 1 saturated heterocycles. The lowest BCUT2D eigenvalue weighted by molar-refractivity contribution is -0.139. The van der Waals surface area contributed by atoms with E-state index in [9.17, 15) is 9.59 Å². The van der Waals surface area contributed by atoms with Crippen molar-refractivity contribution >= 4 is 11.8 Å². The molecule has 0 unspecified atom stereocenters. The predicted octanol–water partition coefficient (Wildman–Crippen LogP) is 0.734. The Morgan fingerprint density at radius 1 is 1.24 bits per heavy atom. The van der Waals surface area contributed by atoms with Crippen molar-refractivity contribution in [1.82, 2.24) is 9.80 Å². The van der Waals surface area contributed by atoms with Gasteiger partial charge in [-0.2, -0.15) is 0 Å². The molecule has 138 valence electrons. The molecule has 1 heterocycles. The molecule has 1 aromatic carbocycles. The molecule has 1 aromatic rings. The number of likely N-dealkylation sites (N-methyl/N-ethyl adjacent to an activating group) is 1. The fourth-order valence-corrected chi connectivity index (χ4v) is 3.19. The van der Waals surface area contributed by atoms with Gasteiger partial charge in [-0.25, -0.2) is 0 Å². The number of para-hydroxylation sites is 1. The van der Waals surface area contributed by atoms with Crippen LogP contribution in [-0.4, -0.2) is 74.7 Å². The number of likely N-dealkylation sites (tertiary alicyclic amines) is 1. The minimum absolute atomic E-state index is 0.103. The van der Waals surface area contributed by atoms with Crippen LogP contribution in [0.1, 0.15) is 23.2 Å². The number of piperidine rings is 1. The summed E-state index contributed by atoms with van der Waals surface area (Å²) in [4.78, 5) is 27.7. The Labute approximate surface area is 148 Å². The molecule has 7 heteroatoms. The van der Waals surface area contributed by atoms with Gasteiger partial charge in [-0.15, -0.1) is 0 Å².